The molecule has 0 N–H and O–H groups in total. The van der Waals surface area contributed by atoms with Gasteiger partial charge in [-0.25, -0.2) is 0 Å². The molecular weight excluding hydrogens is 257 g/mol. The number of carbonyl (C=O) groups is 1. The minimum absolute atomic E-state index is 0.158. The van der Waals surface area contributed by atoms with Gasteiger partial charge in [0.25, 0.3) is 5.78 Å². The average Bonchev–Trinajstić information content (AvgIpc) is 2.14. The molecule has 0 spiro atoms. The number of halogens is 4. The highest BCUT2D eigenvalue weighted by molar-refractivity contribution is 6.30. The van der Waals surface area contributed by atoms with Crippen molar-refractivity contribution in [3.63, 3.8) is 0 Å². The van der Waals surface area contributed by atoms with Crippen LogP contribution in [0.1, 0.15) is 24.2 Å². The second-order valence-electron chi connectivity index (χ2n) is 3.63. The van der Waals surface area contributed by atoms with Crippen molar-refractivity contribution in [1.82, 2.24) is 0 Å². The Kier molecular flexibility index (Phi) is 4.03. The van der Waals surface area contributed by atoms with E-state index in [0.717, 1.165) is 6.07 Å². The Balaban J connectivity index is 3.19. The summed E-state index contributed by atoms with van der Waals surface area (Å²) in [4.78, 5) is 11.1. The summed E-state index contributed by atoms with van der Waals surface area (Å²) in [6, 6.07) is 3.42. The van der Waals surface area contributed by atoms with Crippen molar-refractivity contribution in [1.29, 1.82) is 0 Å². The van der Waals surface area contributed by atoms with Crippen LogP contribution in [0, 0.1) is 0 Å². The van der Waals surface area contributed by atoms with E-state index in [0.29, 0.717) is 0 Å². The van der Waals surface area contributed by atoms with Gasteiger partial charge in [0.15, 0.2) is 0 Å². The van der Waals surface area contributed by atoms with Gasteiger partial charge in [-0.2, -0.15) is 13.2 Å². The summed E-state index contributed by atoms with van der Waals surface area (Å²) in [5, 5.41) is 0.208. The molecule has 0 saturated carbocycles. The number of rotatable bonds is 3. The van der Waals surface area contributed by atoms with Crippen molar-refractivity contribution in [2.24, 2.45) is 0 Å². The standard InChI is InChI=1S/C11H10ClF3O2/c1-6(2)17-9-5-7(12)3-4-8(9)10(16)11(13,14)15/h3-6H,1-2H3. The Labute approximate surface area is 101 Å². The Hall–Kier alpha value is -1.23. The van der Waals surface area contributed by atoms with Crippen molar-refractivity contribution in [3.05, 3.63) is 28.8 Å². The summed E-state index contributed by atoms with van der Waals surface area (Å²) in [5.41, 5.74) is -0.532. The number of benzene rings is 1. The zero-order valence-corrected chi connectivity index (χ0v) is 9.89. The van der Waals surface area contributed by atoms with Crippen LogP contribution < -0.4 is 4.74 Å². The first-order valence-corrected chi connectivity index (χ1v) is 5.17. The van der Waals surface area contributed by atoms with Crippen LogP contribution in [-0.2, 0) is 0 Å². The van der Waals surface area contributed by atoms with E-state index in [2.05, 4.69) is 0 Å². The molecule has 0 aliphatic carbocycles. The van der Waals surface area contributed by atoms with Crippen LogP contribution in [0.5, 0.6) is 5.75 Å². The molecule has 0 unspecified atom stereocenters. The summed E-state index contributed by atoms with van der Waals surface area (Å²) in [5.74, 6) is -2.10. The number of alkyl halides is 3. The van der Waals surface area contributed by atoms with Crippen molar-refractivity contribution in [2.75, 3.05) is 0 Å². The van der Waals surface area contributed by atoms with Crippen LogP contribution in [0.15, 0.2) is 18.2 Å². The second kappa shape index (κ2) is 4.96. The van der Waals surface area contributed by atoms with Gasteiger partial charge in [-0.1, -0.05) is 11.6 Å². The summed E-state index contributed by atoms with van der Waals surface area (Å²) in [7, 11) is 0. The third kappa shape index (κ3) is 3.63. The van der Waals surface area contributed by atoms with Gasteiger partial charge >= 0.3 is 6.18 Å². The summed E-state index contributed by atoms with van der Waals surface area (Å²) in [6.45, 7) is 3.28. The fraction of sp³-hybridized carbons (Fsp3) is 0.364. The van der Waals surface area contributed by atoms with E-state index in [9.17, 15) is 18.0 Å². The lowest BCUT2D eigenvalue weighted by Crippen LogP contribution is -2.24. The second-order valence-corrected chi connectivity index (χ2v) is 4.07. The maximum absolute atomic E-state index is 12.3. The van der Waals surface area contributed by atoms with E-state index in [4.69, 9.17) is 16.3 Å². The predicted molar refractivity (Wildman–Crippen MR) is 57.6 cm³/mol. The Morgan fingerprint density at radius 3 is 2.41 bits per heavy atom. The van der Waals surface area contributed by atoms with Gasteiger partial charge in [0.2, 0.25) is 0 Å². The molecule has 6 heteroatoms. The van der Waals surface area contributed by atoms with Crippen molar-refractivity contribution >= 4 is 17.4 Å². The van der Waals surface area contributed by atoms with E-state index in [1.807, 2.05) is 0 Å². The van der Waals surface area contributed by atoms with Crippen LogP contribution in [0.3, 0.4) is 0 Å². The van der Waals surface area contributed by atoms with Crippen molar-refractivity contribution in [3.8, 4) is 5.75 Å². The fourth-order valence-corrected chi connectivity index (χ4v) is 1.35. The minimum Gasteiger partial charge on any atom is -0.490 e. The average molecular weight is 267 g/mol. The zero-order chi connectivity index (χ0) is 13.2. The maximum Gasteiger partial charge on any atom is 0.455 e. The van der Waals surface area contributed by atoms with E-state index in [-0.39, 0.29) is 16.9 Å². The lowest BCUT2D eigenvalue weighted by molar-refractivity contribution is -0.0887. The van der Waals surface area contributed by atoms with Gasteiger partial charge in [0.1, 0.15) is 5.75 Å². The van der Waals surface area contributed by atoms with E-state index < -0.39 is 17.5 Å². The van der Waals surface area contributed by atoms with Crippen LogP contribution in [0.2, 0.25) is 5.02 Å². The molecule has 17 heavy (non-hydrogen) atoms. The topological polar surface area (TPSA) is 26.3 Å². The molecule has 0 bridgehead atoms. The third-order valence-electron chi connectivity index (χ3n) is 1.81. The van der Waals surface area contributed by atoms with E-state index >= 15 is 0 Å². The van der Waals surface area contributed by atoms with Gasteiger partial charge in [-0.3, -0.25) is 4.79 Å². The molecule has 0 aliphatic heterocycles. The van der Waals surface area contributed by atoms with E-state index in [1.54, 1.807) is 13.8 Å². The highest BCUT2D eigenvalue weighted by Crippen LogP contribution is 2.30. The molecule has 2 nitrogen and oxygen atoms in total. The first kappa shape index (κ1) is 13.8. The molecule has 1 aromatic carbocycles. The molecule has 0 radical (unpaired) electrons. The molecule has 0 heterocycles. The monoisotopic (exact) mass is 266 g/mol. The van der Waals surface area contributed by atoms with Crippen LogP contribution >= 0.6 is 11.6 Å². The molecule has 0 amide bonds. The van der Waals surface area contributed by atoms with Gasteiger partial charge in [0, 0.05) is 5.02 Å². The Bertz CT molecular complexity index is 427. The van der Waals surface area contributed by atoms with Crippen molar-refractivity contribution in [2.45, 2.75) is 26.1 Å². The number of ketones is 1. The molecular formula is C11H10ClF3O2. The summed E-state index contributed by atoms with van der Waals surface area (Å²) >= 11 is 5.65. The summed E-state index contributed by atoms with van der Waals surface area (Å²) in [6.07, 6.45) is -5.28. The minimum atomic E-state index is -4.93. The number of Topliss-reactive ketones (excluding diaryl/α,β-unsaturated/α-hetero) is 1. The first-order chi connectivity index (χ1) is 7.71. The van der Waals surface area contributed by atoms with Gasteiger partial charge < -0.3 is 4.74 Å². The van der Waals surface area contributed by atoms with Gasteiger partial charge in [0.05, 0.1) is 11.7 Å². The number of hydrogen-bond acceptors (Lipinski definition) is 2. The van der Waals surface area contributed by atoms with E-state index in [1.165, 1.54) is 12.1 Å². The van der Waals surface area contributed by atoms with Gasteiger partial charge in [-0.15, -0.1) is 0 Å². The number of hydrogen-bond donors (Lipinski definition) is 0. The molecule has 1 aromatic rings. The Morgan fingerprint density at radius 1 is 1.35 bits per heavy atom. The SMILES string of the molecule is CC(C)Oc1cc(Cl)ccc1C(=O)C(F)(F)F. The first-order valence-electron chi connectivity index (χ1n) is 4.79. The molecule has 0 aliphatic rings. The quantitative estimate of drug-likeness (QED) is 0.776. The van der Waals surface area contributed by atoms with Gasteiger partial charge in [-0.05, 0) is 32.0 Å². The number of carbonyl (C=O) groups excluding carboxylic acids is 1. The van der Waals surface area contributed by atoms with Crippen LogP contribution in [0.4, 0.5) is 13.2 Å². The maximum atomic E-state index is 12.3. The molecule has 94 valence electrons. The lowest BCUT2D eigenvalue weighted by atomic mass is 10.1. The zero-order valence-electron chi connectivity index (χ0n) is 9.14. The highest BCUT2D eigenvalue weighted by Gasteiger charge is 2.40. The smallest absolute Gasteiger partial charge is 0.455 e. The largest absolute Gasteiger partial charge is 0.490 e. The normalized spacial score (nSPS) is 11.7. The third-order valence-corrected chi connectivity index (χ3v) is 2.04. The predicted octanol–water partition coefficient (Wildman–Crippen LogP) is 3.87. The lowest BCUT2D eigenvalue weighted by Gasteiger charge is -2.14. The van der Waals surface area contributed by atoms with Crippen LogP contribution in [0.25, 0.3) is 0 Å². The molecule has 0 saturated heterocycles. The Morgan fingerprint density at radius 2 is 1.94 bits per heavy atom. The molecule has 0 fully saturated rings. The fourth-order valence-electron chi connectivity index (χ4n) is 1.19. The van der Waals surface area contributed by atoms with Crippen LogP contribution in [-0.4, -0.2) is 18.1 Å². The summed E-state index contributed by atoms with van der Waals surface area (Å²) < 4.78 is 42.1. The number of ether oxygens (including phenoxy) is 1. The highest BCUT2D eigenvalue weighted by atomic mass is 35.5. The molecule has 0 aromatic heterocycles. The molecule has 1 rings (SSSR count). The molecule has 0 atom stereocenters. The van der Waals surface area contributed by atoms with Crippen molar-refractivity contribution < 1.29 is 22.7 Å².